The Balaban J connectivity index is 1.59. The molecule has 0 fully saturated rings. The van der Waals surface area contributed by atoms with Crippen LogP contribution in [0.5, 0.6) is 11.5 Å². The number of nitrogens with one attached hydrogen (secondary N) is 2. The van der Waals surface area contributed by atoms with E-state index in [1.807, 2.05) is 0 Å². The van der Waals surface area contributed by atoms with Crippen molar-refractivity contribution in [2.45, 2.75) is 6.92 Å². The Morgan fingerprint density at radius 2 is 1.53 bits per heavy atom. The highest BCUT2D eigenvalue weighted by Crippen LogP contribution is 2.23. The van der Waals surface area contributed by atoms with E-state index in [0.717, 1.165) is 0 Å². The SMILES string of the molecule is COc1ccccc1C(=O)Oc1ccc(C(C)=NNC(=O)C(=O)Nc2cc(Cl)cc(Cl)c2)cc1. The maximum Gasteiger partial charge on any atom is 0.347 e. The van der Waals surface area contributed by atoms with Gasteiger partial charge in [-0.05, 0) is 67.1 Å². The van der Waals surface area contributed by atoms with Crippen LogP contribution in [0.2, 0.25) is 10.0 Å². The molecule has 0 aliphatic carbocycles. The molecule has 0 spiro atoms. The third-order valence-electron chi connectivity index (χ3n) is 4.46. The normalized spacial score (nSPS) is 10.9. The number of carbonyl (C=O) groups excluding carboxylic acids is 3. The van der Waals surface area contributed by atoms with Crippen LogP contribution in [0.3, 0.4) is 0 Å². The minimum Gasteiger partial charge on any atom is -0.496 e. The molecule has 0 bridgehead atoms. The first-order valence-electron chi connectivity index (χ1n) is 9.84. The minimum atomic E-state index is -0.974. The quantitative estimate of drug-likeness (QED) is 0.168. The average molecular weight is 500 g/mol. The molecule has 0 aliphatic heterocycles. The first-order valence-corrected chi connectivity index (χ1v) is 10.6. The van der Waals surface area contributed by atoms with Gasteiger partial charge < -0.3 is 14.8 Å². The Hall–Kier alpha value is -3.88. The summed E-state index contributed by atoms with van der Waals surface area (Å²) in [5.41, 5.74) is 3.82. The van der Waals surface area contributed by atoms with Gasteiger partial charge in [-0.25, -0.2) is 10.2 Å². The Bertz CT molecular complexity index is 1240. The predicted molar refractivity (Wildman–Crippen MR) is 130 cm³/mol. The molecule has 0 aromatic heterocycles. The summed E-state index contributed by atoms with van der Waals surface area (Å²) in [6.07, 6.45) is 0. The number of hydrazone groups is 1. The third kappa shape index (κ3) is 6.57. The number of para-hydroxylation sites is 1. The Kier molecular flexibility index (Phi) is 8.24. The van der Waals surface area contributed by atoms with Crippen LogP contribution in [-0.2, 0) is 9.59 Å². The van der Waals surface area contributed by atoms with Crippen LogP contribution in [0.4, 0.5) is 5.69 Å². The van der Waals surface area contributed by atoms with Gasteiger partial charge in [0.25, 0.3) is 0 Å². The smallest absolute Gasteiger partial charge is 0.347 e. The van der Waals surface area contributed by atoms with E-state index in [1.54, 1.807) is 55.5 Å². The molecular weight excluding hydrogens is 481 g/mol. The lowest BCUT2D eigenvalue weighted by molar-refractivity contribution is -0.136. The van der Waals surface area contributed by atoms with E-state index in [4.69, 9.17) is 32.7 Å². The number of hydrogen-bond donors (Lipinski definition) is 2. The number of methoxy groups -OCH3 is 1. The summed E-state index contributed by atoms with van der Waals surface area (Å²) >= 11 is 11.8. The van der Waals surface area contributed by atoms with Crippen molar-refractivity contribution in [3.05, 3.63) is 87.9 Å². The molecule has 2 amide bonds. The van der Waals surface area contributed by atoms with Crippen LogP contribution in [0, 0.1) is 0 Å². The van der Waals surface area contributed by atoms with Crippen molar-refractivity contribution in [3.63, 3.8) is 0 Å². The van der Waals surface area contributed by atoms with E-state index >= 15 is 0 Å². The number of benzene rings is 3. The number of amides is 2. The fraction of sp³-hybridized carbons (Fsp3) is 0.0833. The number of anilines is 1. The summed E-state index contributed by atoms with van der Waals surface area (Å²) in [5, 5.41) is 6.95. The second kappa shape index (κ2) is 11.3. The number of hydrogen-bond acceptors (Lipinski definition) is 6. The van der Waals surface area contributed by atoms with Crippen molar-refractivity contribution in [1.29, 1.82) is 0 Å². The fourth-order valence-corrected chi connectivity index (χ4v) is 3.33. The van der Waals surface area contributed by atoms with Gasteiger partial charge in [0.1, 0.15) is 17.1 Å². The van der Waals surface area contributed by atoms with Gasteiger partial charge in [0, 0.05) is 15.7 Å². The van der Waals surface area contributed by atoms with Crippen molar-refractivity contribution in [2.75, 3.05) is 12.4 Å². The lowest BCUT2D eigenvalue weighted by Crippen LogP contribution is -2.32. The number of rotatable bonds is 6. The number of halogens is 2. The molecule has 3 aromatic carbocycles. The van der Waals surface area contributed by atoms with Crippen molar-refractivity contribution < 1.29 is 23.9 Å². The maximum atomic E-state index is 12.4. The standard InChI is InChI=1S/C24H19Cl2N3O5/c1-14(28-29-23(31)22(30)27-18-12-16(25)11-17(26)13-18)15-7-9-19(10-8-15)34-24(32)20-5-3-4-6-21(20)33-2/h3-13H,1-2H3,(H,27,30)(H,29,31). The van der Waals surface area contributed by atoms with Gasteiger partial charge in [0.15, 0.2) is 0 Å². The molecule has 3 rings (SSSR count). The Morgan fingerprint density at radius 1 is 0.882 bits per heavy atom. The largest absolute Gasteiger partial charge is 0.496 e. The molecule has 10 heteroatoms. The monoisotopic (exact) mass is 499 g/mol. The fourth-order valence-electron chi connectivity index (χ4n) is 2.80. The van der Waals surface area contributed by atoms with E-state index in [1.165, 1.54) is 25.3 Å². The first-order chi connectivity index (χ1) is 16.3. The summed E-state index contributed by atoms with van der Waals surface area (Å²) in [4.78, 5) is 36.5. The van der Waals surface area contributed by atoms with Crippen LogP contribution < -0.4 is 20.2 Å². The highest BCUT2D eigenvalue weighted by molar-refractivity contribution is 6.40. The lowest BCUT2D eigenvalue weighted by atomic mass is 10.1. The second-order valence-electron chi connectivity index (χ2n) is 6.86. The van der Waals surface area contributed by atoms with Crippen LogP contribution >= 0.6 is 23.2 Å². The first kappa shape index (κ1) is 24.8. The molecule has 0 saturated heterocycles. The van der Waals surface area contributed by atoms with Crippen molar-refractivity contribution in [1.82, 2.24) is 5.43 Å². The molecule has 8 nitrogen and oxygen atoms in total. The number of ether oxygens (including phenoxy) is 2. The van der Waals surface area contributed by atoms with Crippen molar-refractivity contribution >= 4 is 52.4 Å². The van der Waals surface area contributed by atoms with E-state index in [-0.39, 0.29) is 5.69 Å². The van der Waals surface area contributed by atoms with Gasteiger partial charge in [0.05, 0.1) is 12.8 Å². The zero-order valence-corrected chi connectivity index (χ0v) is 19.6. The molecule has 174 valence electrons. The predicted octanol–water partition coefficient (Wildman–Crippen LogP) is 4.70. The average Bonchev–Trinajstić information content (AvgIpc) is 2.82. The molecule has 0 atom stereocenters. The summed E-state index contributed by atoms with van der Waals surface area (Å²) in [7, 11) is 1.47. The molecule has 0 radical (unpaired) electrons. The topological polar surface area (TPSA) is 106 Å². The van der Waals surface area contributed by atoms with Crippen LogP contribution in [-0.4, -0.2) is 30.6 Å². The number of nitrogens with zero attached hydrogens (tertiary/aromatic N) is 1. The van der Waals surface area contributed by atoms with E-state index in [0.29, 0.717) is 38.4 Å². The van der Waals surface area contributed by atoms with Gasteiger partial charge in [-0.1, -0.05) is 35.3 Å². The van der Waals surface area contributed by atoms with E-state index in [2.05, 4.69) is 15.8 Å². The van der Waals surface area contributed by atoms with Crippen LogP contribution in [0.1, 0.15) is 22.8 Å². The molecule has 34 heavy (non-hydrogen) atoms. The maximum absolute atomic E-state index is 12.4. The number of esters is 1. The summed E-state index contributed by atoms with van der Waals surface area (Å²) in [6, 6.07) is 17.6. The molecule has 0 unspecified atom stereocenters. The van der Waals surface area contributed by atoms with Gasteiger partial charge in [-0.2, -0.15) is 5.10 Å². The van der Waals surface area contributed by atoms with E-state index < -0.39 is 17.8 Å². The van der Waals surface area contributed by atoms with Crippen LogP contribution in [0.25, 0.3) is 0 Å². The summed E-state index contributed by atoms with van der Waals surface area (Å²) in [6.45, 7) is 1.64. The Morgan fingerprint density at radius 3 is 2.18 bits per heavy atom. The third-order valence-corrected chi connectivity index (χ3v) is 4.90. The van der Waals surface area contributed by atoms with Gasteiger partial charge >= 0.3 is 17.8 Å². The second-order valence-corrected chi connectivity index (χ2v) is 7.74. The molecule has 0 aliphatic rings. The van der Waals surface area contributed by atoms with Crippen molar-refractivity contribution in [2.24, 2.45) is 5.10 Å². The molecule has 0 heterocycles. The van der Waals surface area contributed by atoms with Gasteiger partial charge in [-0.15, -0.1) is 0 Å². The molecular formula is C24H19Cl2N3O5. The van der Waals surface area contributed by atoms with E-state index in [9.17, 15) is 14.4 Å². The molecule has 3 aromatic rings. The molecule has 2 N–H and O–H groups in total. The highest BCUT2D eigenvalue weighted by Gasteiger charge is 2.15. The van der Waals surface area contributed by atoms with Crippen LogP contribution in [0.15, 0.2) is 71.8 Å². The van der Waals surface area contributed by atoms with Gasteiger partial charge in [0.2, 0.25) is 0 Å². The lowest BCUT2D eigenvalue weighted by Gasteiger charge is -2.09. The van der Waals surface area contributed by atoms with Gasteiger partial charge in [-0.3, -0.25) is 9.59 Å². The zero-order valence-electron chi connectivity index (χ0n) is 18.1. The van der Waals surface area contributed by atoms with Crippen molar-refractivity contribution in [3.8, 4) is 11.5 Å². The molecule has 0 saturated carbocycles. The Labute approximate surface area is 205 Å². The summed E-state index contributed by atoms with van der Waals surface area (Å²) in [5.74, 6) is -1.75. The minimum absolute atomic E-state index is 0.275. The highest BCUT2D eigenvalue weighted by atomic mass is 35.5. The zero-order chi connectivity index (χ0) is 24.7. The number of carbonyl (C=O) groups is 3. The summed E-state index contributed by atoms with van der Waals surface area (Å²) < 4.78 is 10.6.